The molecule has 2 amide bonds. The van der Waals surface area contributed by atoms with E-state index in [1.807, 2.05) is 0 Å². The third-order valence-electron chi connectivity index (χ3n) is 4.40. The van der Waals surface area contributed by atoms with Crippen molar-refractivity contribution in [1.29, 1.82) is 0 Å². The molecule has 1 saturated heterocycles. The Bertz CT molecular complexity index is 857. The zero-order valence-corrected chi connectivity index (χ0v) is 14.3. The van der Waals surface area contributed by atoms with E-state index < -0.39 is 24.1 Å². The zero-order valence-electron chi connectivity index (χ0n) is 14.3. The van der Waals surface area contributed by atoms with Crippen LogP contribution in [-0.4, -0.2) is 47.5 Å². The van der Waals surface area contributed by atoms with Gasteiger partial charge in [0.1, 0.15) is 11.8 Å². The fraction of sp³-hybridized carbons (Fsp3) is 0.263. The summed E-state index contributed by atoms with van der Waals surface area (Å²) in [6.07, 6.45) is -1.33. The Morgan fingerprint density at radius 1 is 1.11 bits per heavy atom. The molecule has 0 radical (unpaired) electrons. The summed E-state index contributed by atoms with van der Waals surface area (Å²) in [7, 11) is 0. The van der Waals surface area contributed by atoms with E-state index in [9.17, 15) is 14.7 Å². The van der Waals surface area contributed by atoms with E-state index in [4.69, 9.17) is 14.2 Å². The molecule has 2 heterocycles. The lowest BCUT2D eigenvalue weighted by Gasteiger charge is -2.23. The number of hydrogen-bond acceptors (Lipinski definition) is 6. The molecule has 0 spiro atoms. The topological polar surface area (TPSA) is 97.3 Å². The quantitative estimate of drug-likeness (QED) is 0.858. The van der Waals surface area contributed by atoms with Crippen molar-refractivity contribution < 1.29 is 28.9 Å². The van der Waals surface area contributed by atoms with Crippen LogP contribution in [0.25, 0.3) is 0 Å². The lowest BCUT2D eigenvalue weighted by molar-refractivity contribution is -0.119. The van der Waals surface area contributed by atoms with Gasteiger partial charge in [0.2, 0.25) is 12.7 Å². The van der Waals surface area contributed by atoms with Crippen molar-refractivity contribution in [2.24, 2.45) is 0 Å². The lowest BCUT2D eigenvalue weighted by Crippen LogP contribution is -2.44. The van der Waals surface area contributed by atoms with Gasteiger partial charge < -0.3 is 24.6 Å². The normalized spacial score (nSPS) is 20.4. The summed E-state index contributed by atoms with van der Waals surface area (Å²) in [4.78, 5) is 26.4. The zero-order chi connectivity index (χ0) is 18.8. The Morgan fingerprint density at radius 2 is 1.89 bits per heavy atom. The fourth-order valence-electron chi connectivity index (χ4n) is 3.11. The van der Waals surface area contributed by atoms with Crippen LogP contribution < -0.4 is 19.5 Å². The van der Waals surface area contributed by atoms with E-state index in [1.54, 1.807) is 48.5 Å². The summed E-state index contributed by atoms with van der Waals surface area (Å²) in [5, 5.41) is 12.7. The average molecular weight is 370 g/mol. The van der Waals surface area contributed by atoms with Crippen molar-refractivity contribution in [3.8, 4) is 17.2 Å². The first-order valence-electron chi connectivity index (χ1n) is 8.52. The van der Waals surface area contributed by atoms with Crippen molar-refractivity contribution in [1.82, 2.24) is 4.90 Å². The molecule has 8 nitrogen and oxygen atoms in total. The molecule has 2 atom stereocenters. The number of carbonyl (C=O) groups is 2. The Labute approximate surface area is 155 Å². The number of amides is 2. The number of nitrogens with one attached hydrogen (secondary N) is 1. The number of anilines is 1. The summed E-state index contributed by atoms with van der Waals surface area (Å²) >= 11 is 0. The molecule has 2 aliphatic heterocycles. The van der Waals surface area contributed by atoms with Crippen LogP contribution in [0.15, 0.2) is 48.5 Å². The second kappa shape index (κ2) is 7.16. The van der Waals surface area contributed by atoms with E-state index in [2.05, 4.69) is 5.32 Å². The highest BCUT2D eigenvalue weighted by molar-refractivity contribution is 5.97. The summed E-state index contributed by atoms with van der Waals surface area (Å²) in [6.45, 7) is 0.172. The monoisotopic (exact) mass is 370 g/mol. The largest absolute Gasteiger partial charge is 0.454 e. The standard InChI is InChI=1S/C19H18N2O6/c22-13-9-15(21(10-13)19(24)27-14-4-2-1-3-5-14)18(23)20-12-6-7-16-17(8-12)26-11-25-16/h1-8,13,15,22H,9-11H2,(H,20,23)/t13-,15-/m0/s1. The molecule has 2 aromatic carbocycles. The van der Waals surface area contributed by atoms with Crippen LogP contribution in [0.1, 0.15) is 6.42 Å². The van der Waals surface area contributed by atoms with Gasteiger partial charge in [0, 0.05) is 18.2 Å². The summed E-state index contributed by atoms with van der Waals surface area (Å²) in [6, 6.07) is 12.8. The smallest absolute Gasteiger partial charge is 0.416 e. The molecule has 0 unspecified atom stereocenters. The fourth-order valence-corrected chi connectivity index (χ4v) is 3.11. The number of fused-ring (bicyclic) bond motifs is 1. The number of hydrogen-bond donors (Lipinski definition) is 2. The third kappa shape index (κ3) is 3.65. The molecule has 4 rings (SSSR count). The van der Waals surface area contributed by atoms with Crippen molar-refractivity contribution in [2.75, 3.05) is 18.7 Å². The van der Waals surface area contributed by atoms with E-state index in [0.29, 0.717) is 22.9 Å². The van der Waals surface area contributed by atoms with Crippen molar-refractivity contribution >= 4 is 17.7 Å². The number of carbonyl (C=O) groups excluding carboxylic acids is 2. The first-order valence-corrected chi connectivity index (χ1v) is 8.52. The molecule has 0 aromatic heterocycles. The highest BCUT2D eigenvalue weighted by Gasteiger charge is 2.40. The van der Waals surface area contributed by atoms with Crippen LogP contribution >= 0.6 is 0 Å². The van der Waals surface area contributed by atoms with Gasteiger partial charge in [-0.05, 0) is 24.3 Å². The molecule has 0 bridgehead atoms. The van der Waals surface area contributed by atoms with Crippen LogP contribution in [0, 0.1) is 0 Å². The van der Waals surface area contributed by atoms with Crippen LogP contribution in [0.5, 0.6) is 17.2 Å². The van der Waals surface area contributed by atoms with Gasteiger partial charge in [-0.1, -0.05) is 18.2 Å². The van der Waals surface area contributed by atoms with Gasteiger partial charge in [0.05, 0.1) is 12.6 Å². The minimum atomic E-state index is -0.832. The molecule has 2 aromatic rings. The minimum absolute atomic E-state index is 0.0326. The molecule has 8 heteroatoms. The van der Waals surface area contributed by atoms with Crippen LogP contribution in [-0.2, 0) is 4.79 Å². The number of aliphatic hydroxyl groups is 1. The molecule has 27 heavy (non-hydrogen) atoms. The van der Waals surface area contributed by atoms with Gasteiger partial charge >= 0.3 is 6.09 Å². The molecule has 0 aliphatic carbocycles. The number of benzene rings is 2. The Hall–Kier alpha value is -3.26. The second-order valence-electron chi connectivity index (χ2n) is 6.30. The minimum Gasteiger partial charge on any atom is -0.454 e. The van der Waals surface area contributed by atoms with Gasteiger partial charge in [-0.2, -0.15) is 0 Å². The number of aliphatic hydroxyl groups excluding tert-OH is 1. The first kappa shape index (κ1) is 17.2. The van der Waals surface area contributed by atoms with Gasteiger partial charge in [0.25, 0.3) is 0 Å². The highest BCUT2D eigenvalue weighted by Crippen LogP contribution is 2.34. The maximum absolute atomic E-state index is 12.7. The van der Waals surface area contributed by atoms with Crippen molar-refractivity contribution in [3.63, 3.8) is 0 Å². The first-order chi connectivity index (χ1) is 13.1. The predicted molar refractivity (Wildman–Crippen MR) is 94.8 cm³/mol. The average Bonchev–Trinajstić information content (AvgIpc) is 3.28. The number of rotatable bonds is 3. The predicted octanol–water partition coefficient (Wildman–Crippen LogP) is 1.99. The third-order valence-corrected chi connectivity index (χ3v) is 4.40. The van der Waals surface area contributed by atoms with E-state index >= 15 is 0 Å². The molecule has 1 fully saturated rings. The van der Waals surface area contributed by atoms with Gasteiger partial charge in [-0.3, -0.25) is 9.69 Å². The number of ether oxygens (including phenoxy) is 3. The Morgan fingerprint density at radius 3 is 2.70 bits per heavy atom. The Balaban J connectivity index is 1.45. The van der Waals surface area contributed by atoms with Crippen molar-refractivity contribution in [2.45, 2.75) is 18.6 Å². The van der Waals surface area contributed by atoms with Gasteiger partial charge in [-0.15, -0.1) is 0 Å². The maximum Gasteiger partial charge on any atom is 0.416 e. The number of likely N-dealkylation sites (tertiary alicyclic amines) is 1. The second-order valence-corrected chi connectivity index (χ2v) is 6.30. The van der Waals surface area contributed by atoms with E-state index in [0.717, 1.165) is 0 Å². The number of para-hydroxylation sites is 1. The number of nitrogens with zero attached hydrogens (tertiary/aromatic N) is 1. The Kier molecular flexibility index (Phi) is 4.55. The maximum atomic E-state index is 12.7. The molecule has 2 N–H and O–H groups in total. The lowest BCUT2D eigenvalue weighted by atomic mass is 10.2. The van der Waals surface area contributed by atoms with Crippen LogP contribution in [0.2, 0.25) is 0 Å². The molecule has 0 saturated carbocycles. The van der Waals surface area contributed by atoms with Crippen molar-refractivity contribution in [3.05, 3.63) is 48.5 Å². The SMILES string of the molecule is O=C(Nc1ccc2c(c1)OCO2)[C@@H]1C[C@H](O)CN1C(=O)Oc1ccccc1. The molecule has 2 aliphatic rings. The van der Waals surface area contributed by atoms with Gasteiger partial charge in [-0.25, -0.2) is 4.79 Å². The molecule has 140 valence electrons. The van der Waals surface area contributed by atoms with Crippen LogP contribution in [0.4, 0.5) is 10.5 Å². The van der Waals surface area contributed by atoms with E-state index in [-0.39, 0.29) is 19.8 Å². The summed E-state index contributed by atoms with van der Waals surface area (Å²) in [5.41, 5.74) is 0.516. The van der Waals surface area contributed by atoms with E-state index in [1.165, 1.54) is 4.90 Å². The molecular formula is C19H18N2O6. The summed E-state index contributed by atoms with van der Waals surface area (Å²) < 4.78 is 15.8. The molecular weight excluding hydrogens is 352 g/mol. The van der Waals surface area contributed by atoms with Crippen LogP contribution in [0.3, 0.4) is 0 Å². The highest BCUT2D eigenvalue weighted by atomic mass is 16.7. The van der Waals surface area contributed by atoms with Gasteiger partial charge in [0.15, 0.2) is 11.5 Å². The summed E-state index contributed by atoms with van der Waals surface area (Å²) in [5.74, 6) is 1.12. The number of β-amino-alcohol motifs (C(OH)–C–C–N with tert-alkyl or cyclic N) is 1.